The first kappa shape index (κ1) is 23.2. The van der Waals surface area contributed by atoms with Crippen molar-refractivity contribution < 1.29 is 9.13 Å². The van der Waals surface area contributed by atoms with Crippen molar-refractivity contribution in [3.05, 3.63) is 51.0 Å². The van der Waals surface area contributed by atoms with Gasteiger partial charge < -0.3 is 14.5 Å². The third-order valence-corrected chi connectivity index (χ3v) is 6.12. The van der Waals surface area contributed by atoms with Gasteiger partial charge in [0.2, 0.25) is 11.8 Å². The molecule has 4 heterocycles. The fourth-order valence-electron chi connectivity index (χ4n) is 4.11. The topological polar surface area (TPSA) is 92.2 Å². The normalized spacial score (nSPS) is 16.1. The van der Waals surface area contributed by atoms with Crippen molar-refractivity contribution in [3.8, 4) is 17.0 Å². The number of aromatic nitrogens is 5. The number of hydrogen-bond acceptors (Lipinski definition) is 7. The molecular formula is C22H27ClFN7O2. The van der Waals surface area contributed by atoms with Crippen LogP contribution < -0.4 is 15.2 Å². The first-order valence-corrected chi connectivity index (χ1v) is 11.1. The summed E-state index contributed by atoms with van der Waals surface area (Å²) < 4.78 is 22.4. The minimum atomic E-state index is -0.612. The smallest absolute Gasteiger partial charge is 0.285 e. The Morgan fingerprint density at radius 3 is 2.88 bits per heavy atom. The highest BCUT2D eigenvalue weighted by Crippen LogP contribution is 2.31. The highest BCUT2D eigenvalue weighted by molar-refractivity contribution is 6.33. The Morgan fingerprint density at radius 1 is 1.33 bits per heavy atom. The largest absolute Gasteiger partial charge is 0.472 e. The van der Waals surface area contributed by atoms with E-state index in [2.05, 4.69) is 25.2 Å². The minimum Gasteiger partial charge on any atom is -0.472 e. The molecule has 0 aliphatic carbocycles. The lowest BCUT2D eigenvalue weighted by Crippen LogP contribution is -2.26. The van der Waals surface area contributed by atoms with E-state index in [9.17, 15) is 9.18 Å². The van der Waals surface area contributed by atoms with Gasteiger partial charge in [0.25, 0.3) is 5.56 Å². The van der Waals surface area contributed by atoms with Crippen molar-refractivity contribution in [2.75, 3.05) is 38.6 Å². The van der Waals surface area contributed by atoms with Crippen LogP contribution in [0.15, 0.2) is 23.1 Å². The zero-order valence-corrected chi connectivity index (χ0v) is 19.9. The van der Waals surface area contributed by atoms with Gasteiger partial charge in [-0.15, -0.1) is 0 Å². The molecule has 176 valence electrons. The molecule has 1 N–H and O–H groups in total. The summed E-state index contributed by atoms with van der Waals surface area (Å²) in [5.41, 5.74) is 3.47. The molecule has 11 heteroatoms. The van der Waals surface area contributed by atoms with Crippen LogP contribution in [0.1, 0.15) is 17.8 Å². The molecule has 0 aromatic carbocycles. The summed E-state index contributed by atoms with van der Waals surface area (Å²) in [6.45, 7) is 6.62. The standard InChI is InChI=1S/C22H27ClFN7O2/c1-13-20(14(2)31(28-13)8-7-29(3)4)15-9-18(24)26-19(10-15)33-16-5-6-30(12-16)17-11-25-27-22(32)21(17)23/h9-11,16H,5-8,12H2,1-4H3,(H,27,32)/t16-/m1/s1. The van der Waals surface area contributed by atoms with E-state index in [4.69, 9.17) is 16.3 Å². The van der Waals surface area contributed by atoms with Crippen molar-refractivity contribution in [2.45, 2.75) is 32.9 Å². The van der Waals surface area contributed by atoms with Gasteiger partial charge >= 0.3 is 0 Å². The number of rotatable bonds is 7. The van der Waals surface area contributed by atoms with E-state index < -0.39 is 11.5 Å². The molecule has 1 atom stereocenters. The molecule has 9 nitrogen and oxygen atoms in total. The van der Waals surface area contributed by atoms with Crippen molar-refractivity contribution in [2.24, 2.45) is 0 Å². The summed E-state index contributed by atoms with van der Waals surface area (Å²) in [5, 5.41) is 10.9. The first-order valence-electron chi connectivity index (χ1n) is 10.7. The van der Waals surface area contributed by atoms with Crippen LogP contribution in [0.25, 0.3) is 11.1 Å². The number of H-pyrrole nitrogens is 1. The number of nitrogens with zero attached hydrogens (tertiary/aromatic N) is 6. The lowest BCUT2D eigenvalue weighted by molar-refractivity contribution is 0.213. The highest BCUT2D eigenvalue weighted by Gasteiger charge is 2.27. The summed E-state index contributed by atoms with van der Waals surface area (Å²) in [6.07, 6.45) is 1.97. The van der Waals surface area contributed by atoms with Gasteiger partial charge in [-0.3, -0.25) is 9.48 Å². The van der Waals surface area contributed by atoms with Crippen molar-refractivity contribution in [3.63, 3.8) is 0 Å². The Morgan fingerprint density at radius 2 is 2.12 bits per heavy atom. The Kier molecular flexibility index (Phi) is 6.66. The van der Waals surface area contributed by atoms with E-state index in [0.717, 1.165) is 30.0 Å². The number of anilines is 1. The maximum Gasteiger partial charge on any atom is 0.285 e. The number of halogens is 2. The fraction of sp³-hybridized carbons (Fsp3) is 0.455. The summed E-state index contributed by atoms with van der Waals surface area (Å²) >= 11 is 6.12. The number of hydrogen-bond donors (Lipinski definition) is 1. The average Bonchev–Trinajstić information content (AvgIpc) is 3.31. The molecule has 0 spiro atoms. The minimum absolute atomic E-state index is 0.0917. The highest BCUT2D eigenvalue weighted by atomic mass is 35.5. The Bertz CT molecular complexity index is 1210. The lowest BCUT2D eigenvalue weighted by Gasteiger charge is -2.19. The molecule has 3 aromatic rings. The average molecular weight is 476 g/mol. The number of ether oxygens (including phenoxy) is 1. The second-order valence-corrected chi connectivity index (χ2v) is 8.84. The van der Waals surface area contributed by atoms with Gasteiger partial charge in [-0.2, -0.15) is 19.6 Å². The van der Waals surface area contributed by atoms with E-state index in [0.29, 0.717) is 30.8 Å². The van der Waals surface area contributed by atoms with Crippen LogP contribution in [0.2, 0.25) is 5.02 Å². The van der Waals surface area contributed by atoms with Crippen LogP contribution in [-0.4, -0.2) is 69.7 Å². The second-order valence-electron chi connectivity index (χ2n) is 8.46. The van der Waals surface area contributed by atoms with Crippen LogP contribution in [0.5, 0.6) is 5.88 Å². The van der Waals surface area contributed by atoms with Gasteiger partial charge in [0.15, 0.2) is 0 Å². The molecule has 1 aliphatic heterocycles. The Labute approximate surface area is 196 Å². The predicted molar refractivity (Wildman–Crippen MR) is 125 cm³/mol. The molecule has 1 fully saturated rings. The lowest BCUT2D eigenvalue weighted by atomic mass is 10.1. The molecule has 1 aliphatic rings. The monoisotopic (exact) mass is 475 g/mol. The van der Waals surface area contributed by atoms with Gasteiger partial charge in [0, 0.05) is 42.9 Å². The number of aryl methyl sites for hydroxylation is 1. The summed E-state index contributed by atoms with van der Waals surface area (Å²) in [4.78, 5) is 19.7. The first-order chi connectivity index (χ1) is 15.7. The molecule has 0 bridgehead atoms. The van der Waals surface area contributed by atoms with E-state index in [-0.39, 0.29) is 17.0 Å². The molecule has 0 saturated carbocycles. The maximum absolute atomic E-state index is 14.5. The number of likely N-dealkylation sites (N-methyl/N-ethyl adjacent to an activating group) is 1. The molecule has 3 aromatic heterocycles. The van der Waals surface area contributed by atoms with Gasteiger partial charge in [-0.25, -0.2) is 5.10 Å². The van der Waals surface area contributed by atoms with Crippen LogP contribution in [0, 0.1) is 19.8 Å². The molecule has 0 radical (unpaired) electrons. The predicted octanol–water partition coefficient (Wildman–Crippen LogP) is 2.66. The van der Waals surface area contributed by atoms with E-state index >= 15 is 0 Å². The van der Waals surface area contributed by atoms with Crippen LogP contribution in [0.3, 0.4) is 0 Å². The fourth-order valence-corrected chi connectivity index (χ4v) is 4.32. The van der Waals surface area contributed by atoms with Gasteiger partial charge in [0.05, 0.1) is 30.7 Å². The van der Waals surface area contributed by atoms with Crippen LogP contribution in [-0.2, 0) is 6.54 Å². The van der Waals surface area contributed by atoms with Gasteiger partial charge in [-0.05, 0) is 33.5 Å². The molecule has 0 amide bonds. The SMILES string of the molecule is Cc1nn(CCN(C)C)c(C)c1-c1cc(F)nc(O[C@@H]2CCN(c3cn[nH]c(=O)c3Cl)C2)c1. The third kappa shape index (κ3) is 5.01. The van der Waals surface area contributed by atoms with Crippen molar-refractivity contribution in [1.29, 1.82) is 0 Å². The molecule has 0 unspecified atom stereocenters. The summed E-state index contributed by atoms with van der Waals surface area (Å²) in [7, 11) is 4.03. The van der Waals surface area contributed by atoms with E-state index in [1.54, 1.807) is 6.07 Å². The Balaban J connectivity index is 1.53. The van der Waals surface area contributed by atoms with Crippen molar-refractivity contribution >= 4 is 17.3 Å². The molecule has 1 saturated heterocycles. The molecular weight excluding hydrogens is 449 g/mol. The van der Waals surface area contributed by atoms with Gasteiger partial charge in [-0.1, -0.05) is 11.6 Å². The quantitative estimate of drug-likeness (QED) is 0.525. The molecule has 4 rings (SSSR count). The molecule has 33 heavy (non-hydrogen) atoms. The maximum atomic E-state index is 14.5. The van der Waals surface area contributed by atoms with Crippen molar-refractivity contribution in [1.82, 2.24) is 29.9 Å². The summed E-state index contributed by atoms with van der Waals surface area (Å²) in [5.74, 6) is -0.397. The zero-order valence-electron chi connectivity index (χ0n) is 19.1. The van der Waals surface area contributed by atoms with Crippen LogP contribution >= 0.6 is 11.6 Å². The number of pyridine rings is 1. The van der Waals surface area contributed by atoms with E-state index in [1.807, 2.05) is 37.5 Å². The van der Waals surface area contributed by atoms with Gasteiger partial charge in [0.1, 0.15) is 11.1 Å². The second kappa shape index (κ2) is 9.48. The zero-order chi connectivity index (χ0) is 23.7. The number of aromatic amines is 1. The number of nitrogens with one attached hydrogen (secondary N) is 1. The van der Waals surface area contributed by atoms with E-state index in [1.165, 1.54) is 12.3 Å². The Hall–Kier alpha value is -2.98. The van der Waals surface area contributed by atoms with Crippen LogP contribution in [0.4, 0.5) is 10.1 Å². The third-order valence-electron chi connectivity index (χ3n) is 5.75. The summed E-state index contributed by atoms with van der Waals surface area (Å²) in [6, 6.07) is 3.16.